The summed E-state index contributed by atoms with van der Waals surface area (Å²) in [6.07, 6.45) is 3.96. The van der Waals surface area contributed by atoms with E-state index in [4.69, 9.17) is 4.74 Å². The molecule has 5 heteroatoms. The molecular formula is C26H24F2N2O. The second-order valence-corrected chi connectivity index (χ2v) is 8.88. The molecule has 3 nitrogen and oxygen atoms in total. The average Bonchev–Trinajstić information content (AvgIpc) is 2.71. The van der Waals surface area contributed by atoms with Gasteiger partial charge in [0.05, 0.1) is 11.2 Å². The summed E-state index contributed by atoms with van der Waals surface area (Å²) < 4.78 is 34.1. The average molecular weight is 418 g/mol. The highest BCUT2D eigenvalue weighted by molar-refractivity contribution is 5.82. The third-order valence-electron chi connectivity index (χ3n) is 6.43. The minimum absolute atomic E-state index is 0.0752. The number of nitrogens with one attached hydrogen (secondary N) is 1. The smallest absolute Gasteiger partial charge is 0.168 e. The Labute approximate surface area is 180 Å². The number of fused-ring (bicyclic) bond motifs is 5. The first-order valence-electron chi connectivity index (χ1n) is 10.5. The molecule has 3 aromatic rings. The standard InChI is InChI=1S/C26H24F2N2O/c1-14-6-5-9-29-23(14)12-20-15(2)24-19-13-31-25-18(10-16(27)11-21(25)28)17(19)7-8-22(24)30-26(20,3)4/h5-12,15,30H,13H2,1-4H3. The molecule has 31 heavy (non-hydrogen) atoms. The number of aryl methyl sites for hydroxylation is 1. The van der Waals surface area contributed by atoms with Crippen molar-refractivity contribution in [2.45, 2.75) is 45.8 Å². The van der Waals surface area contributed by atoms with Crippen molar-refractivity contribution in [2.24, 2.45) is 0 Å². The molecule has 2 aliphatic heterocycles. The van der Waals surface area contributed by atoms with Crippen LogP contribution in [0.2, 0.25) is 0 Å². The molecule has 0 aliphatic carbocycles. The van der Waals surface area contributed by atoms with E-state index in [9.17, 15) is 8.78 Å². The van der Waals surface area contributed by atoms with Crippen molar-refractivity contribution in [1.29, 1.82) is 0 Å². The maximum atomic E-state index is 14.3. The molecule has 2 aliphatic rings. The summed E-state index contributed by atoms with van der Waals surface area (Å²) in [4.78, 5) is 4.55. The molecule has 2 aromatic carbocycles. The lowest BCUT2D eigenvalue weighted by Gasteiger charge is -2.42. The van der Waals surface area contributed by atoms with E-state index < -0.39 is 11.6 Å². The van der Waals surface area contributed by atoms with E-state index in [0.717, 1.165) is 39.7 Å². The normalized spacial score (nSPS) is 19.7. The molecular weight excluding hydrogens is 394 g/mol. The number of ether oxygens (including phenoxy) is 1. The van der Waals surface area contributed by atoms with Crippen molar-refractivity contribution >= 4 is 11.8 Å². The van der Waals surface area contributed by atoms with Crippen LogP contribution in [0, 0.1) is 18.6 Å². The quantitative estimate of drug-likeness (QED) is 0.482. The minimum Gasteiger partial charge on any atom is -0.485 e. The van der Waals surface area contributed by atoms with E-state index in [1.165, 1.54) is 11.6 Å². The molecule has 158 valence electrons. The fraction of sp³-hybridized carbons (Fsp3) is 0.269. The fourth-order valence-electron chi connectivity index (χ4n) is 4.93. The Bertz CT molecular complexity index is 1250. The molecule has 1 unspecified atom stereocenters. The van der Waals surface area contributed by atoms with Gasteiger partial charge in [-0.05, 0) is 67.3 Å². The lowest BCUT2D eigenvalue weighted by Crippen LogP contribution is -2.40. The van der Waals surface area contributed by atoms with Crippen molar-refractivity contribution in [3.8, 4) is 16.9 Å². The minimum atomic E-state index is -0.670. The predicted molar refractivity (Wildman–Crippen MR) is 119 cm³/mol. The molecule has 0 fully saturated rings. The molecule has 1 atom stereocenters. The maximum Gasteiger partial charge on any atom is 0.168 e. The third kappa shape index (κ3) is 3.11. The van der Waals surface area contributed by atoms with Gasteiger partial charge < -0.3 is 10.1 Å². The number of rotatable bonds is 1. The highest BCUT2D eigenvalue weighted by Crippen LogP contribution is 2.50. The van der Waals surface area contributed by atoms with Crippen LogP contribution in [0.25, 0.3) is 17.2 Å². The largest absolute Gasteiger partial charge is 0.485 e. The number of anilines is 1. The van der Waals surface area contributed by atoms with Crippen molar-refractivity contribution in [3.05, 3.63) is 82.2 Å². The Morgan fingerprint density at radius 3 is 2.74 bits per heavy atom. The summed E-state index contributed by atoms with van der Waals surface area (Å²) in [5.74, 6) is -1.09. The van der Waals surface area contributed by atoms with Gasteiger partial charge in [-0.1, -0.05) is 19.1 Å². The SMILES string of the molecule is Cc1cccnc1C=C1C(C)c2c(ccc3c2COc2c(F)cc(F)cc2-3)NC1(C)C. The summed E-state index contributed by atoms with van der Waals surface area (Å²) in [6.45, 7) is 8.79. The van der Waals surface area contributed by atoms with E-state index >= 15 is 0 Å². The van der Waals surface area contributed by atoms with Crippen LogP contribution in [0.3, 0.4) is 0 Å². The summed E-state index contributed by atoms with van der Waals surface area (Å²) in [5.41, 5.74) is 7.35. The van der Waals surface area contributed by atoms with E-state index in [1.807, 2.05) is 18.2 Å². The van der Waals surface area contributed by atoms with Crippen LogP contribution in [0.15, 0.2) is 48.2 Å². The van der Waals surface area contributed by atoms with Gasteiger partial charge in [0.2, 0.25) is 0 Å². The van der Waals surface area contributed by atoms with Gasteiger partial charge in [-0.2, -0.15) is 0 Å². The van der Waals surface area contributed by atoms with Crippen molar-refractivity contribution in [1.82, 2.24) is 4.98 Å². The molecule has 0 saturated heterocycles. The second kappa shape index (κ2) is 6.91. The van der Waals surface area contributed by atoms with Gasteiger partial charge in [-0.15, -0.1) is 0 Å². The Morgan fingerprint density at radius 2 is 1.97 bits per heavy atom. The number of hydrogen-bond acceptors (Lipinski definition) is 3. The molecule has 0 saturated carbocycles. The van der Waals surface area contributed by atoms with Crippen LogP contribution in [-0.2, 0) is 6.61 Å². The zero-order valence-corrected chi connectivity index (χ0v) is 18.0. The lowest BCUT2D eigenvalue weighted by atomic mass is 9.73. The third-order valence-corrected chi connectivity index (χ3v) is 6.43. The Balaban J connectivity index is 1.70. The molecule has 1 aromatic heterocycles. The van der Waals surface area contributed by atoms with Gasteiger partial charge in [0.15, 0.2) is 11.6 Å². The fourth-order valence-corrected chi connectivity index (χ4v) is 4.93. The number of aromatic nitrogens is 1. The van der Waals surface area contributed by atoms with Crippen LogP contribution in [-0.4, -0.2) is 10.5 Å². The molecule has 0 amide bonds. The molecule has 5 rings (SSSR count). The van der Waals surface area contributed by atoms with Crippen LogP contribution in [0.5, 0.6) is 5.75 Å². The van der Waals surface area contributed by atoms with Gasteiger partial charge in [0, 0.05) is 35.0 Å². The van der Waals surface area contributed by atoms with E-state index in [2.05, 4.69) is 50.1 Å². The maximum absolute atomic E-state index is 14.3. The molecule has 3 heterocycles. The predicted octanol–water partition coefficient (Wildman–Crippen LogP) is 6.62. The Kier molecular flexibility index (Phi) is 4.40. The van der Waals surface area contributed by atoms with E-state index in [0.29, 0.717) is 5.56 Å². The van der Waals surface area contributed by atoms with Crippen LogP contribution in [0.4, 0.5) is 14.5 Å². The number of halogens is 2. The monoisotopic (exact) mass is 418 g/mol. The highest BCUT2D eigenvalue weighted by Gasteiger charge is 2.38. The number of benzene rings is 2. The molecule has 1 N–H and O–H groups in total. The number of hydrogen-bond donors (Lipinski definition) is 1. The molecule has 0 radical (unpaired) electrons. The Morgan fingerprint density at radius 1 is 1.16 bits per heavy atom. The van der Waals surface area contributed by atoms with Gasteiger partial charge in [0.1, 0.15) is 12.4 Å². The van der Waals surface area contributed by atoms with Crippen molar-refractivity contribution < 1.29 is 13.5 Å². The first kappa shape index (κ1) is 19.7. The van der Waals surface area contributed by atoms with Crippen LogP contribution < -0.4 is 10.1 Å². The van der Waals surface area contributed by atoms with Gasteiger partial charge in [-0.25, -0.2) is 8.78 Å². The van der Waals surface area contributed by atoms with Gasteiger partial charge in [-0.3, -0.25) is 4.98 Å². The zero-order valence-electron chi connectivity index (χ0n) is 18.0. The van der Waals surface area contributed by atoms with Crippen LogP contribution >= 0.6 is 0 Å². The zero-order chi connectivity index (χ0) is 21.9. The summed E-state index contributed by atoms with van der Waals surface area (Å²) in [5, 5.41) is 3.65. The first-order valence-corrected chi connectivity index (χ1v) is 10.5. The topological polar surface area (TPSA) is 34.1 Å². The summed E-state index contributed by atoms with van der Waals surface area (Å²) in [7, 11) is 0. The lowest BCUT2D eigenvalue weighted by molar-refractivity contribution is 0.284. The molecule has 0 bridgehead atoms. The first-order chi connectivity index (χ1) is 14.8. The van der Waals surface area contributed by atoms with E-state index in [1.54, 1.807) is 6.20 Å². The van der Waals surface area contributed by atoms with Crippen molar-refractivity contribution in [2.75, 3.05) is 5.32 Å². The number of nitrogens with zero attached hydrogens (tertiary/aromatic N) is 1. The van der Waals surface area contributed by atoms with Gasteiger partial charge in [0.25, 0.3) is 0 Å². The van der Waals surface area contributed by atoms with Crippen LogP contribution in [0.1, 0.15) is 49.1 Å². The van der Waals surface area contributed by atoms with Gasteiger partial charge >= 0.3 is 0 Å². The Hall–Kier alpha value is -3.21. The second-order valence-electron chi connectivity index (χ2n) is 8.88. The van der Waals surface area contributed by atoms with E-state index in [-0.39, 0.29) is 23.8 Å². The summed E-state index contributed by atoms with van der Waals surface area (Å²) in [6, 6.07) is 10.1. The molecule has 0 spiro atoms. The summed E-state index contributed by atoms with van der Waals surface area (Å²) >= 11 is 0. The number of pyridine rings is 1. The van der Waals surface area contributed by atoms with Crippen molar-refractivity contribution in [3.63, 3.8) is 0 Å². The highest BCUT2D eigenvalue weighted by atomic mass is 19.1.